The van der Waals surface area contributed by atoms with Gasteiger partial charge in [-0.15, -0.1) is 0 Å². The fraction of sp³-hybridized carbons (Fsp3) is 0.273. The van der Waals surface area contributed by atoms with Crippen LogP contribution in [0.4, 0.5) is 0 Å². The number of rotatable bonds is 3. The molecule has 0 saturated heterocycles. The van der Waals surface area contributed by atoms with Crippen molar-refractivity contribution >= 4 is 11.8 Å². The minimum atomic E-state index is -0.450. The SMILES string of the molecule is CC(=O)N[C@H](C)c1ccc(C(N)=O)cc1. The predicted molar refractivity (Wildman–Crippen MR) is 57.2 cm³/mol. The zero-order chi connectivity index (χ0) is 11.4. The van der Waals surface area contributed by atoms with Gasteiger partial charge in [0.25, 0.3) is 0 Å². The molecular weight excluding hydrogens is 192 g/mol. The summed E-state index contributed by atoms with van der Waals surface area (Å²) in [6, 6.07) is 6.79. The molecule has 0 saturated carbocycles. The monoisotopic (exact) mass is 206 g/mol. The van der Waals surface area contributed by atoms with Crippen molar-refractivity contribution in [2.24, 2.45) is 5.73 Å². The molecule has 0 spiro atoms. The number of carbonyl (C=O) groups is 2. The molecule has 0 aliphatic heterocycles. The maximum absolute atomic E-state index is 10.8. The molecule has 0 radical (unpaired) electrons. The van der Waals surface area contributed by atoms with Gasteiger partial charge in [0.1, 0.15) is 0 Å². The number of nitrogens with one attached hydrogen (secondary N) is 1. The quantitative estimate of drug-likeness (QED) is 0.773. The van der Waals surface area contributed by atoms with Crippen molar-refractivity contribution in [1.29, 1.82) is 0 Å². The van der Waals surface area contributed by atoms with Crippen LogP contribution in [0.3, 0.4) is 0 Å². The standard InChI is InChI=1S/C11H14N2O2/c1-7(13-8(2)14)9-3-5-10(6-4-9)11(12)15/h3-7H,1-2H3,(H2,12,15)(H,13,14)/t7-/m1/s1. The molecule has 4 nitrogen and oxygen atoms in total. The first-order valence-electron chi connectivity index (χ1n) is 4.67. The lowest BCUT2D eigenvalue weighted by Crippen LogP contribution is -2.23. The molecule has 1 aromatic carbocycles. The second-order valence-corrected chi connectivity index (χ2v) is 3.41. The van der Waals surface area contributed by atoms with Crippen molar-refractivity contribution in [1.82, 2.24) is 5.32 Å². The Morgan fingerprint density at radius 1 is 1.27 bits per heavy atom. The largest absolute Gasteiger partial charge is 0.366 e. The molecule has 0 aromatic heterocycles. The lowest BCUT2D eigenvalue weighted by atomic mass is 10.1. The van der Waals surface area contributed by atoms with Crippen LogP contribution in [0.15, 0.2) is 24.3 Å². The number of primary amides is 1. The Bertz CT molecular complexity index is 371. The van der Waals surface area contributed by atoms with Crippen molar-refractivity contribution in [2.45, 2.75) is 19.9 Å². The summed E-state index contributed by atoms with van der Waals surface area (Å²) in [7, 11) is 0. The Kier molecular flexibility index (Phi) is 3.44. The van der Waals surface area contributed by atoms with Crippen LogP contribution in [0.1, 0.15) is 35.8 Å². The average Bonchev–Trinajstić information content (AvgIpc) is 2.17. The summed E-state index contributed by atoms with van der Waals surface area (Å²) >= 11 is 0. The van der Waals surface area contributed by atoms with E-state index in [0.717, 1.165) is 5.56 Å². The van der Waals surface area contributed by atoms with Gasteiger partial charge in [0, 0.05) is 12.5 Å². The molecule has 4 heteroatoms. The van der Waals surface area contributed by atoms with E-state index >= 15 is 0 Å². The lowest BCUT2D eigenvalue weighted by molar-refractivity contribution is -0.119. The topological polar surface area (TPSA) is 72.2 Å². The average molecular weight is 206 g/mol. The molecule has 0 heterocycles. The first kappa shape index (κ1) is 11.2. The van der Waals surface area contributed by atoms with E-state index in [1.54, 1.807) is 24.3 Å². The fourth-order valence-electron chi connectivity index (χ4n) is 1.32. The van der Waals surface area contributed by atoms with Crippen LogP contribution in [0.25, 0.3) is 0 Å². The Morgan fingerprint density at radius 3 is 2.20 bits per heavy atom. The van der Waals surface area contributed by atoms with Crippen LogP contribution in [-0.4, -0.2) is 11.8 Å². The molecule has 1 aromatic rings. The highest BCUT2D eigenvalue weighted by Crippen LogP contribution is 2.12. The van der Waals surface area contributed by atoms with E-state index in [9.17, 15) is 9.59 Å². The van der Waals surface area contributed by atoms with Crippen molar-refractivity contribution in [3.05, 3.63) is 35.4 Å². The van der Waals surface area contributed by atoms with E-state index in [2.05, 4.69) is 5.32 Å². The molecule has 15 heavy (non-hydrogen) atoms. The third kappa shape index (κ3) is 3.09. The van der Waals surface area contributed by atoms with Crippen LogP contribution < -0.4 is 11.1 Å². The minimum absolute atomic E-state index is 0.0653. The Hall–Kier alpha value is -1.84. The van der Waals surface area contributed by atoms with E-state index < -0.39 is 5.91 Å². The van der Waals surface area contributed by atoms with Gasteiger partial charge in [-0.25, -0.2) is 0 Å². The van der Waals surface area contributed by atoms with Gasteiger partial charge in [-0.05, 0) is 24.6 Å². The van der Waals surface area contributed by atoms with E-state index in [-0.39, 0.29) is 11.9 Å². The summed E-state index contributed by atoms with van der Waals surface area (Å²) in [5.74, 6) is -0.532. The van der Waals surface area contributed by atoms with Crippen molar-refractivity contribution in [2.75, 3.05) is 0 Å². The summed E-state index contributed by atoms with van der Waals surface area (Å²) < 4.78 is 0. The van der Waals surface area contributed by atoms with Crippen molar-refractivity contribution < 1.29 is 9.59 Å². The summed E-state index contributed by atoms with van der Waals surface area (Å²) in [5, 5.41) is 2.75. The molecule has 0 unspecified atom stereocenters. The Morgan fingerprint density at radius 2 is 1.80 bits per heavy atom. The number of nitrogens with two attached hydrogens (primary N) is 1. The molecule has 1 atom stereocenters. The highest BCUT2D eigenvalue weighted by atomic mass is 16.1. The predicted octanol–water partition coefficient (Wildman–Crippen LogP) is 0.983. The number of benzene rings is 1. The van der Waals surface area contributed by atoms with Crippen molar-refractivity contribution in [3.8, 4) is 0 Å². The maximum atomic E-state index is 10.8. The van der Waals surface area contributed by atoms with E-state index in [4.69, 9.17) is 5.73 Å². The normalized spacial score (nSPS) is 11.9. The number of hydrogen-bond donors (Lipinski definition) is 2. The Balaban J connectivity index is 2.79. The molecule has 0 aliphatic carbocycles. The molecule has 0 fully saturated rings. The first-order valence-corrected chi connectivity index (χ1v) is 4.67. The van der Waals surface area contributed by atoms with Gasteiger partial charge in [-0.1, -0.05) is 12.1 Å². The number of hydrogen-bond acceptors (Lipinski definition) is 2. The van der Waals surface area contributed by atoms with E-state index in [0.29, 0.717) is 5.56 Å². The lowest BCUT2D eigenvalue weighted by Gasteiger charge is -2.12. The highest BCUT2D eigenvalue weighted by molar-refractivity contribution is 5.92. The molecule has 3 N–H and O–H groups in total. The smallest absolute Gasteiger partial charge is 0.248 e. The van der Waals surface area contributed by atoms with Gasteiger partial charge in [-0.2, -0.15) is 0 Å². The van der Waals surface area contributed by atoms with Gasteiger partial charge in [-0.3, -0.25) is 9.59 Å². The maximum Gasteiger partial charge on any atom is 0.248 e. The van der Waals surface area contributed by atoms with E-state index in [1.165, 1.54) is 6.92 Å². The van der Waals surface area contributed by atoms with Crippen molar-refractivity contribution in [3.63, 3.8) is 0 Å². The van der Waals surface area contributed by atoms with Gasteiger partial charge in [0.05, 0.1) is 6.04 Å². The number of amides is 2. The molecule has 2 amide bonds. The van der Waals surface area contributed by atoms with Gasteiger partial charge in [0.2, 0.25) is 11.8 Å². The highest BCUT2D eigenvalue weighted by Gasteiger charge is 2.07. The summed E-state index contributed by atoms with van der Waals surface area (Å²) in [6.45, 7) is 3.34. The van der Waals surface area contributed by atoms with Gasteiger partial charge in [0.15, 0.2) is 0 Å². The molecule has 0 bridgehead atoms. The fourth-order valence-corrected chi connectivity index (χ4v) is 1.32. The zero-order valence-electron chi connectivity index (χ0n) is 8.78. The number of carbonyl (C=O) groups excluding carboxylic acids is 2. The van der Waals surface area contributed by atoms with Gasteiger partial charge >= 0.3 is 0 Å². The second-order valence-electron chi connectivity index (χ2n) is 3.41. The van der Waals surface area contributed by atoms with Crippen LogP contribution in [0, 0.1) is 0 Å². The summed E-state index contributed by atoms with van der Waals surface area (Å²) in [6.07, 6.45) is 0. The minimum Gasteiger partial charge on any atom is -0.366 e. The zero-order valence-corrected chi connectivity index (χ0v) is 8.78. The van der Waals surface area contributed by atoms with Crippen LogP contribution in [-0.2, 0) is 4.79 Å². The van der Waals surface area contributed by atoms with Crippen LogP contribution >= 0.6 is 0 Å². The summed E-state index contributed by atoms with van der Waals surface area (Å²) in [5.41, 5.74) is 6.52. The summed E-state index contributed by atoms with van der Waals surface area (Å²) in [4.78, 5) is 21.6. The third-order valence-electron chi connectivity index (χ3n) is 2.11. The molecule has 80 valence electrons. The molecule has 1 rings (SSSR count). The molecular formula is C11H14N2O2. The Labute approximate surface area is 88.5 Å². The first-order chi connectivity index (χ1) is 7.00. The van der Waals surface area contributed by atoms with Gasteiger partial charge < -0.3 is 11.1 Å². The van der Waals surface area contributed by atoms with Crippen LogP contribution in [0.2, 0.25) is 0 Å². The molecule has 0 aliphatic rings. The van der Waals surface area contributed by atoms with Crippen LogP contribution in [0.5, 0.6) is 0 Å². The third-order valence-corrected chi connectivity index (χ3v) is 2.11. The second kappa shape index (κ2) is 4.59. The van der Waals surface area contributed by atoms with E-state index in [1.807, 2.05) is 6.92 Å².